The van der Waals surface area contributed by atoms with Gasteiger partial charge in [-0.15, -0.1) is 11.3 Å². The smallest absolute Gasteiger partial charge is 0.234 e. The molecule has 6 heteroatoms. The van der Waals surface area contributed by atoms with Crippen LogP contribution in [0.4, 0.5) is 4.39 Å². The van der Waals surface area contributed by atoms with Crippen molar-refractivity contribution in [3.05, 3.63) is 92.9 Å². The van der Waals surface area contributed by atoms with E-state index in [1.54, 1.807) is 23.5 Å². The molecule has 3 aromatic rings. The highest BCUT2D eigenvalue weighted by atomic mass is 35.5. The number of hydrogen-bond donors (Lipinski definition) is 2. The van der Waals surface area contributed by atoms with Crippen LogP contribution in [0.2, 0.25) is 5.02 Å². The number of rotatable bonds is 7. The third kappa shape index (κ3) is 5.39. The molecule has 0 unspecified atom stereocenters. The highest BCUT2D eigenvalue weighted by Gasteiger charge is 2.18. The Morgan fingerprint density at radius 2 is 1.74 bits per heavy atom. The van der Waals surface area contributed by atoms with E-state index >= 15 is 0 Å². The Hall–Kier alpha value is -2.21. The van der Waals surface area contributed by atoms with Crippen molar-refractivity contribution < 1.29 is 9.18 Å². The Morgan fingerprint density at radius 1 is 1.07 bits per heavy atom. The summed E-state index contributed by atoms with van der Waals surface area (Å²) >= 11 is 7.46. The number of thiophene rings is 1. The fourth-order valence-corrected chi connectivity index (χ4v) is 3.69. The van der Waals surface area contributed by atoms with Gasteiger partial charge >= 0.3 is 0 Å². The lowest BCUT2D eigenvalue weighted by atomic mass is 10.1. The van der Waals surface area contributed by atoms with Gasteiger partial charge in [0.05, 0.1) is 12.6 Å². The van der Waals surface area contributed by atoms with Gasteiger partial charge in [-0.25, -0.2) is 4.39 Å². The lowest BCUT2D eigenvalue weighted by Crippen LogP contribution is -2.37. The SMILES string of the molecule is C[C@@H](NCC(=O)N[C@@H](c1ccc(F)cc1)c1cccs1)c1ccc(Cl)cc1. The monoisotopic (exact) mass is 402 g/mol. The first-order valence-corrected chi connectivity index (χ1v) is 9.86. The minimum Gasteiger partial charge on any atom is -0.343 e. The molecule has 3 nitrogen and oxygen atoms in total. The first-order valence-electron chi connectivity index (χ1n) is 8.60. The molecular weight excluding hydrogens is 383 g/mol. The van der Waals surface area contributed by atoms with Crippen molar-refractivity contribution in [3.8, 4) is 0 Å². The van der Waals surface area contributed by atoms with E-state index in [0.29, 0.717) is 5.02 Å². The molecule has 1 aromatic heterocycles. The van der Waals surface area contributed by atoms with Crippen LogP contribution in [0.5, 0.6) is 0 Å². The zero-order valence-electron chi connectivity index (χ0n) is 14.8. The van der Waals surface area contributed by atoms with Crippen molar-refractivity contribution >= 4 is 28.8 Å². The average molecular weight is 403 g/mol. The summed E-state index contributed by atoms with van der Waals surface area (Å²) in [5.41, 5.74) is 1.90. The average Bonchev–Trinajstić information content (AvgIpc) is 3.20. The summed E-state index contributed by atoms with van der Waals surface area (Å²) in [6.07, 6.45) is 0. The molecule has 2 N–H and O–H groups in total. The van der Waals surface area contributed by atoms with E-state index in [9.17, 15) is 9.18 Å². The highest BCUT2D eigenvalue weighted by molar-refractivity contribution is 7.10. The summed E-state index contributed by atoms with van der Waals surface area (Å²) in [5, 5.41) is 8.89. The molecule has 3 rings (SSSR count). The van der Waals surface area contributed by atoms with E-state index in [-0.39, 0.29) is 30.4 Å². The number of halogens is 2. The van der Waals surface area contributed by atoms with Crippen LogP contribution in [0.3, 0.4) is 0 Å². The van der Waals surface area contributed by atoms with Crippen molar-refractivity contribution in [2.24, 2.45) is 0 Å². The van der Waals surface area contributed by atoms with Crippen LogP contribution in [0, 0.1) is 5.82 Å². The van der Waals surface area contributed by atoms with Crippen LogP contribution >= 0.6 is 22.9 Å². The summed E-state index contributed by atoms with van der Waals surface area (Å²) in [4.78, 5) is 13.5. The molecule has 0 bridgehead atoms. The number of carbonyl (C=O) groups is 1. The maximum absolute atomic E-state index is 13.2. The summed E-state index contributed by atoms with van der Waals surface area (Å²) < 4.78 is 13.2. The number of nitrogens with one attached hydrogen (secondary N) is 2. The maximum atomic E-state index is 13.2. The van der Waals surface area contributed by atoms with Crippen molar-refractivity contribution in [3.63, 3.8) is 0 Å². The van der Waals surface area contributed by atoms with Crippen LogP contribution in [0.1, 0.15) is 35.0 Å². The van der Waals surface area contributed by atoms with Crippen LogP contribution in [-0.2, 0) is 4.79 Å². The molecule has 0 radical (unpaired) electrons. The lowest BCUT2D eigenvalue weighted by Gasteiger charge is -2.20. The molecule has 0 saturated carbocycles. The quantitative estimate of drug-likeness (QED) is 0.577. The third-order valence-electron chi connectivity index (χ3n) is 4.28. The molecule has 0 saturated heterocycles. The van der Waals surface area contributed by atoms with Crippen molar-refractivity contribution in [2.75, 3.05) is 6.54 Å². The molecular formula is C21H20ClFN2OS. The summed E-state index contributed by atoms with van der Waals surface area (Å²) in [7, 11) is 0. The van der Waals surface area contributed by atoms with Crippen LogP contribution in [-0.4, -0.2) is 12.5 Å². The topological polar surface area (TPSA) is 41.1 Å². The molecule has 2 atom stereocenters. The summed E-state index contributed by atoms with van der Waals surface area (Å²) in [5.74, 6) is -0.424. The molecule has 0 aliphatic rings. The second kappa shape index (κ2) is 9.13. The first-order chi connectivity index (χ1) is 13.0. The summed E-state index contributed by atoms with van der Waals surface area (Å²) in [6.45, 7) is 2.17. The third-order valence-corrected chi connectivity index (χ3v) is 5.46. The number of benzene rings is 2. The van der Waals surface area contributed by atoms with E-state index in [4.69, 9.17) is 11.6 Å². The van der Waals surface area contributed by atoms with Gasteiger partial charge in [0, 0.05) is 15.9 Å². The van der Waals surface area contributed by atoms with E-state index in [0.717, 1.165) is 16.0 Å². The second-order valence-corrected chi connectivity index (χ2v) is 7.64. The van der Waals surface area contributed by atoms with Gasteiger partial charge in [-0.3, -0.25) is 4.79 Å². The van der Waals surface area contributed by atoms with E-state index in [1.807, 2.05) is 48.7 Å². The van der Waals surface area contributed by atoms with Gasteiger partial charge < -0.3 is 10.6 Å². The van der Waals surface area contributed by atoms with Gasteiger partial charge in [0.1, 0.15) is 5.82 Å². The zero-order chi connectivity index (χ0) is 19.2. The molecule has 1 amide bonds. The van der Waals surface area contributed by atoms with Gasteiger partial charge in [0.15, 0.2) is 0 Å². The minimum absolute atomic E-state index is 0.0130. The first kappa shape index (κ1) is 19.5. The van der Waals surface area contributed by atoms with E-state index in [1.165, 1.54) is 12.1 Å². The molecule has 140 valence electrons. The Bertz CT molecular complexity index is 866. The minimum atomic E-state index is -0.300. The van der Waals surface area contributed by atoms with Gasteiger partial charge in [0.2, 0.25) is 5.91 Å². The second-order valence-electron chi connectivity index (χ2n) is 6.22. The maximum Gasteiger partial charge on any atom is 0.234 e. The van der Waals surface area contributed by atoms with Gasteiger partial charge in [-0.05, 0) is 53.8 Å². The molecule has 2 aromatic carbocycles. The van der Waals surface area contributed by atoms with Gasteiger partial charge in [-0.2, -0.15) is 0 Å². The van der Waals surface area contributed by atoms with Crippen LogP contribution in [0.25, 0.3) is 0 Å². The van der Waals surface area contributed by atoms with Crippen molar-refractivity contribution in [2.45, 2.75) is 19.0 Å². The largest absolute Gasteiger partial charge is 0.343 e. The van der Waals surface area contributed by atoms with Crippen LogP contribution in [0.15, 0.2) is 66.0 Å². The lowest BCUT2D eigenvalue weighted by molar-refractivity contribution is -0.120. The van der Waals surface area contributed by atoms with Crippen LogP contribution < -0.4 is 10.6 Å². The van der Waals surface area contributed by atoms with E-state index < -0.39 is 0 Å². The fourth-order valence-electron chi connectivity index (χ4n) is 2.76. The summed E-state index contributed by atoms with van der Waals surface area (Å²) in [6, 6.07) is 17.3. The molecule has 0 aliphatic carbocycles. The fraction of sp³-hybridized carbons (Fsp3) is 0.190. The Morgan fingerprint density at radius 3 is 2.37 bits per heavy atom. The predicted octanol–water partition coefficient (Wildman–Crippen LogP) is 5.10. The standard InChI is InChI=1S/C21H20ClFN2OS/c1-14(15-4-8-17(22)9-5-15)24-13-20(26)25-21(19-3-2-12-27-19)16-6-10-18(23)11-7-16/h2-12,14,21,24H,13H2,1H3,(H,25,26)/t14-,21+/m1/s1. The predicted molar refractivity (Wildman–Crippen MR) is 109 cm³/mol. The van der Waals surface area contributed by atoms with Gasteiger partial charge in [0.25, 0.3) is 0 Å². The Kier molecular flexibility index (Phi) is 6.61. The molecule has 27 heavy (non-hydrogen) atoms. The number of hydrogen-bond acceptors (Lipinski definition) is 3. The molecule has 0 aliphatic heterocycles. The number of carbonyl (C=O) groups excluding carboxylic acids is 1. The highest BCUT2D eigenvalue weighted by Crippen LogP contribution is 2.26. The van der Waals surface area contributed by atoms with E-state index in [2.05, 4.69) is 10.6 Å². The number of amides is 1. The Balaban J connectivity index is 1.64. The molecule has 0 fully saturated rings. The normalized spacial score (nSPS) is 13.1. The van der Waals surface area contributed by atoms with Crippen molar-refractivity contribution in [1.82, 2.24) is 10.6 Å². The van der Waals surface area contributed by atoms with Gasteiger partial charge in [-0.1, -0.05) is 41.9 Å². The Labute approximate surface area is 167 Å². The zero-order valence-corrected chi connectivity index (χ0v) is 16.4. The van der Waals surface area contributed by atoms with Crippen molar-refractivity contribution in [1.29, 1.82) is 0 Å². The molecule has 1 heterocycles. The molecule has 0 spiro atoms.